The standard InChI is InChI=1S/C22H23NO/c1-24-22-14-12-19-9-2-3-10-20(19)21(22)13-11-18-7-4-6-17(16-18)8-5-15-23/h2-4,6-7,9-14,16H,5,8,15,23H2,1H3/b13-11-. The van der Waals surface area contributed by atoms with Crippen LogP contribution >= 0.6 is 0 Å². The van der Waals surface area contributed by atoms with Gasteiger partial charge in [0, 0.05) is 5.56 Å². The first-order chi connectivity index (χ1) is 11.8. The number of rotatable bonds is 6. The van der Waals surface area contributed by atoms with E-state index >= 15 is 0 Å². The van der Waals surface area contributed by atoms with Gasteiger partial charge in [-0.25, -0.2) is 0 Å². The quantitative estimate of drug-likeness (QED) is 0.656. The third-order valence-electron chi connectivity index (χ3n) is 4.21. The fraction of sp³-hybridized carbons (Fsp3) is 0.182. The normalized spacial score (nSPS) is 11.2. The summed E-state index contributed by atoms with van der Waals surface area (Å²) in [5.74, 6) is 0.893. The Hall–Kier alpha value is -2.58. The van der Waals surface area contributed by atoms with Crippen LogP contribution in [0.4, 0.5) is 0 Å². The summed E-state index contributed by atoms with van der Waals surface area (Å²) in [5, 5.41) is 2.42. The third kappa shape index (κ3) is 3.66. The Morgan fingerprint density at radius 1 is 0.958 bits per heavy atom. The number of nitrogens with two attached hydrogens (primary N) is 1. The van der Waals surface area contributed by atoms with Crippen LogP contribution in [-0.2, 0) is 6.42 Å². The summed E-state index contributed by atoms with van der Waals surface area (Å²) in [6.07, 6.45) is 6.33. The smallest absolute Gasteiger partial charge is 0.126 e. The van der Waals surface area contributed by atoms with Crippen LogP contribution in [-0.4, -0.2) is 13.7 Å². The molecule has 0 spiro atoms. The number of ether oxygens (including phenoxy) is 1. The van der Waals surface area contributed by atoms with E-state index < -0.39 is 0 Å². The summed E-state index contributed by atoms with van der Waals surface area (Å²) in [6, 6.07) is 21.1. The van der Waals surface area contributed by atoms with E-state index in [2.05, 4.69) is 66.7 Å². The molecule has 24 heavy (non-hydrogen) atoms. The van der Waals surface area contributed by atoms with Crippen molar-refractivity contribution in [3.8, 4) is 5.75 Å². The van der Waals surface area contributed by atoms with Crippen LogP contribution in [0.25, 0.3) is 22.9 Å². The van der Waals surface area contributed by atoms with Crippen molar-refractivity contribution < 1.29 is 4.74 Å². The predicted molar refractivity (Wildman–Crippen MR) is 103 cm³/mol. The maximum atomic E-state index is 5.61. The highest BCUT2D eigenvalue weighted by Crippen LogP contribution is 2.29. The van der Waals surface area contributed by atoms with Gasteiger partial charge in [0.25, 0.3) is 0 Å². The Morgan fingerprint density at radius 2 is 1.83 bits per heavy atom. The van der Waals surface area contributed by atoms with E-state index in [0.29, 0.717) is 0 Å². The number of aryl methyl sites for hydroxylation is 1. The van der Waals surface area contributed by atoms with Crippen molar-refractivity contribution >= 4 is 22.9 Å². The molecule has 2 heteroatoms. The fourth-order valence-corrected chi connectivity index (χ4v) is 2.96. The molecule has 0 saturated carbocycles. The molecule has 0 aliphatic carbocycles. The van der Waals surface area contributed by atoms with E-state index in [4.69, 9.17) is 10.5 Å². The lowest BCUT2D eigenvalue weighted by molar-refractivity contribution is 0.414. The molecule has 0 saturated heterocycles. The molecule has 0 amide bonds. The minimum absolute atomic E-state index is 0.729. The van der Waals surface area contributed by atoms with Gasteiger partial charge in [0.2, 0.25) is 0 Å². The summed E-state index contributed by atoms with van der Waals surface area (Å²) in [7, 11) is 1.72. The number of methoxy groups -OCH3 is 1. The van der Waals surface area contributed by atoms with Gasteiger partial charge in [-0.3, -0.25) is 0 Å². The van der Waals surface area contributed by atoms with E-state index in [1.165, 1.54) is 21.9 Å². The van der Waals surface area contributed by atoms with Crippen molar-refractivity contribution in [3.05, 3.63) is 77.4 Å². The molecule has 0 atom stereocenters. The van der Waals surface area contributed by atoms with Crippen LogP contribution in [0, 0.1) is 0 Å². The maximum Gasteiger partial charge on any atom is 0.126 e. The zero-order valence-electron chi connectivity index (χ0n) is 14.0. The molecule has 0 heterocycles. The van der Waals surface area contributed by atoms with Gasteiger partial charge in [-0.05, 0) is 47.4 Å². The Balaban J connectivity index is 1.95. The second-order valence-corrected chi connectivity index (χ2v) is 5.87. The van der Waals surface area contributed by atoms with Gasteiger partial charge >= 0.3 is 0 Å². The second-order valence-electron chi connectivity index (χ2n) is 5.87. The third-order valence-corrected chi connectivity index (χ3v) is 4.21. The first kappa shape index (κ1) is 16.3. The zero-order chi connectivity index (χ0) is 16.8. The van der Waals surface area contributed by atoms with Crippen molar-refractivity contribution in [1.29, 1.82) is 0 Å². The lowest BCUT2D eigenvalue weighted by atomic mass is 10.0. The molecule has 0 unspecified atom stereocenters. The molecule has 0 radical (unpaired) electrons. The van der Waals surface area contributed by atoms with Gasteiger partial charge < -0.3 is 10.5 Å². The van der Waals surface area contributed by atoms with Crippen molar-refractivity contribution in [3.63, 3.8) is 0 Å². The summed E-state index contributed by atoms with van der Waals surface area (Å²) in [6.45, 7) is 0.729. The average molecular weight is 317 g/mol. The lowest BCUT2D eigenvalue weighted by Crippen LogP contribution is -2.00. The van der Waals surface area contributed by atoms with Crippen LogP contribution in [0.2, 0.25) is 0 Å². The monoisotopic (exact) mass is 317 g/mol. The minimum Gasteiger partial charge on any atom is -0.496 e. The summed E-state index contributed by atoms with van der Waals surface area (Å²) in [4.78, 5) is 0. The van der Waals surface area contributed by atoms with Crippen LogP contribution in [0.5, 0.6) is 5.75 Å². The van der Waals surface area contributed by atoms with E-state index in [1.54, 1.807) is 7.11 Å². The SMILES string of the molecule is COc1ccc2ccccc2c1/C=C\c1cccc(CCCN)c1. The fourth-order valence-electron chi connectivity index (χ4n) is 2.96. The highest BCUT2D eigenvalue weighted by molar-refractivity contribution is 5.95. The molecule has 0 aliphatic rings. The minimum atomic E-state index is 0.729. The number of benzene rings is 3. The van der Waals surface area contributed by atoms with Crippen molar-refractivity contribution in [2.24, 2.45) is 5.73 Å². The van der Waals surface area contributed by atoms with Gasteiger partial charge in [-0.1, -0.05) is 66.7 Å². The van der Waals surface area contributed by atoms with Gasteiger partial charge in [0.15, 0.2) is 0 Å². The van der Waals surface area contributed by atoms with Gasteiger partial charge in [-0.2, -0.15) is 0 Å². The van der Waals surface area contributed by atoms with E-state index in [0.717, 1.165) is 30.7 Å². The molecule has 3 aromatic carbocycles. The number of hydrogen-bond acceptors (Lipinski definition) is 2. The van der Waals surface area contributed by atoms with Crippen molar-refractivity contribution in [2.45, 2.75) is 12.8 Å². The molecule has 3 rings (SSSR count). The largest absolute Gasteiger partial charge is 0.496 e. The first-order valence-corrected chi connectivity index (χ1v) is 8.34. The highest BCUT2D eigenvalue weighted by atomic mass is 16.5. The van der Waals surface area contributed by atoms with E-state index in [1.807, 2.05) is 6.07 Å². The topological polar surface area (TPSA) is 35.2 Å². The van der Waals surface area contributed by atoms with Gasteiger partial charge in [0.05, 0.1) is 7.11 Å². The molecule has 0 aromatic heterocycles. The Kier molecular flexibility index (Phi) is 5.29. The highest BCUT2D eigenvalue weighted by Gasteiger charge is 2.05. The zero-order valence-corrected chi connectivity index (χ0v) is 14.0. The molecule has 0 bridgehead atoms. The number of fused-ring (bicyclic) bond motifs is 1. The Bertz CT molecular complexity index is 851. The molecular formula is C22H23NO. The Labute approximate surface area is 143 Å². The van der Waals surface area contributed by atoms with Crippen LogP contribution in [0.3, 0.4) is 0 Å². The maximum absolute atomic E-state index is 5.61. The second kappa shape index (κ2) is 7.80. The Morgan fingerprint density at radius 3 is 2.67 bits per heavy atom. The van der Waals surface area contributed by atoms with Crippen LogP contribution in [0.15, 0.2) is 60.7 Å². The van der Waals surface area contributed by atoms with Crippen LogP contribution in [0.1, 0.15) is 23.1 Å². The summed E-state index contributed by atoms with van der Waals surface area (Å²) >= 11 is 0. The van der Waals surface area contributed by atoms with E-state index in [9.17, 15) is 0 Å². The van der Waals surface area contributed by atoms with E-state index in [-0.39, 0.29) is 0 Å². The molecule has 2 nitrogen and oxygen atoms in total. The van der Waals surface area contributed by atoms with Gasteiger partial charge in [0.1, 0.15) is 5.75 Å². The molecular weight excluding hydrogens is 294 g/mol. The number of hydrogen-bond donors (Lipinski definition) is 1. The molecule has 0 aliphatic heterocycles. The summed E-state index contributed by atoms with van der Waals surface area (Å²) in [5.41, 5.74) is 9.24. The van der Waals surface area contributed by atoms with Gasteiger partial charge in [-0.15, -0.1) is 0 Å². The molecule has 2 N–H and O–H groups in total. The summed E-state index contributed by atoms with van der Waals surface area (Å²) < 4.78 is 5.55. The molecule has 0 fully saturated rings. The van der Waals surface area contributed by atoms with Crippen molar-refractivity contribution in [1.82, 2.24) is 0 Å². The lowest BCUT2D eigenvalue weighted by Gasteiger charge is -2.09. The average Bonchev–Trinajstić information content (AvgIpc) is 2.64. The van der Waals surface area contributed by atoms with Crippen molar-refractivity contribution in [2.75, 3.05) is 13.7 Å². The van der Waals surface area contributed by atoms with Crippen LogP contribution < -0.4 is 10.5 Å². The predicted octanol–water partition coefficient (Wildman–Crippen LogP) is 4.91. The molecule has 122 valence electrons. The molecule has 3 aromatic rings. The first-order valence-electron chi connectivity index (χ1n) is 8.34.